The maximum absolute atomic E-state index is 11.8. The smallest absolute Gasteiger partial charge is 0.248 e. The predicted molar refractivity (Wildman–Crippen MR) is 72.6 cm³/mol. The Kier molecular flexibility index (Phi) is 3.85. The summed E-state index contributed by atoms with van der Waals surface area (Å²) < 4.78 is 0. The zero-order valence-corrected chi connectivity index (χ0v) is 11.3. The van der Waals surface area contributed by atoms with Crippen LogP contribution >= 0.6 is 0 Å². The molecule has 19 heavy (non-hydrogen) atoms. The molecule has 2 amide bonds. The third kappa shape index (κ3) is 2.93. The van der Waals surface area contributed by atoms with Gasteiger partial charge in [-0.2, -0.15) is 0 Å². The van der Waals surface area contributed by atoms with Crippen LogP contribution in [0.25, 0.3) is 0 Å². The Labute approximate surface area is 112 Å². The van der Waals surface area contributed by atoms with Crippen molar-refractivity contribution < 1.29 is 9.59 Å². The van der Waals surface area contributed by atoms with Gasteiger partial charge in [-0.25, -0.2) is 0 Å². The van der Waals surface area contributed by atoms with Gasteiger partial charge < -0.3 is 16.0 Å². The fourth-order valence-electron chi connectivity index (χ4n) is 2.29. The molecular weight excluding hydrogens is 242 g/mol. The summed E-state index contributed by atoms with van der Waals surface area (Å²) in [6.07, 6.45) is 0.841. The Morgan fingerprint density at radius 1 is 1.53 bits per heavy atom. The number of carbonyl (C=O) groups excluding carboxylic acids is 2. The van der Waals surface area contributed by atoms with Crippen LogP contribution in [0.4, 0.5) is 0 Å². The third-order valence-corrected chi connectivity index (χ3v) is 3.59. The number of rotatable bonds is 4. The molecule has 1 aliphatic heterocycles. The second-order valence-corrected chi connectivity index (χ2v) is 4.99. The Morgan fingerprint density at radius 2 is 2.26 bits per heavy atom. The van der Waals surface area contributed by atoms with Crippen molar-refractivity contribution in [2.24, 2.45) is 5.73 Å². The Morgan fingerprint density at radius 3 is 2.79 bits per heavy atom. The average Bonchev–Trinajstić information content (AvgIpc) is 2.68. The molecule has 0 bridgehead atoms. The molecule has 0 spiro atoms. The van der Waals surface area contributed by atoms with Crippen molar-refractivity contribution in [1.29, 1.82) is 0 Å². The summed E-state index contributed by atoms with van der Waals surface area (Å²) in [6.45, 7) is 3.36. The highest BCUT2D eigenvalue weighted by atomic mass is 16.2. The number of hydrogen-bond donors (Lipinski definition) is 2. The van der Waals surface area contributed by atoms with Crippen LogP contribution in [0.3, 0.4) is 0 Å². The number of aryl methyl sites for hydroxylation is 1. The minimum absolute atomic E-state index is 0.0970. The van der Waals surface area contributed by atoms with Crippen molar-refractivity contribution in [2.45, 2.75) is 25.9 Å². The molecule has 5 heteroatoms. The van der Waals surface area contributed by atoms with Crippen LogP contribution < -0.4 is 11.1 Å². The number of nitrogens with one attached hydrogen (secondary N) is 1. The molecule has 1 atom stereocenters. The van der Waals surface area contributed by atoms with Gasteiger partial charge in [0, 0.05) is 25.7 Å². The van der Waals surface area contributed by atoms with E-state index < -0.39 is 5.91 Å². The number of carbonyl (C=O) groups is 2. The summed E-state index contributed by atoms with van der Waals surface area (Å²) >= 11 is 0. The molecule has 3 N–H and O–H groups in total. The molecule has 5 nitrogen and oxygen atoms in total. The minimum Gasteiger partial charge on any atom is -0.366 e. The molecule has 0 saturated carbocycles. The first-order chi connectivity index (χ1) is 8.99. The molecule has 102 valence electrons. The van der Waals surface area contributed by atoms with E-state index in [4.69, 9.17) is 5.73 Å². The van der Waals surface area contributed by atoms with E-state index in [2.05, 4.69) is 5.32 Å². The third-order valence-electron chi connectivity index (χ3n) is 3.59. The molecule has 0 radical (unpaired) electrons. The number of nitrogens with two attached hydrogens (primary N) is 1. The van der Waals surface area contributed by atoms with Crippen molar-refractivity contribution in [2.75, 3.05) is 13.6 Å². The summed E-state index contributed by atoms with van der Waals surface area (Å²) in [6, 6.07) is 5.28. The topological polar surface area (TPSA) is 75.4 Å². The monoisotopic (exact) mass is 261 g/mol. The van der Waals surface area contributed by atoms with E-state index in [1.54, 1.807) is 17.0 Å². The van der Waals surface area contributed by atoms with Crippen LogP contribution in [0.2, 0.25) is 0 Å². The van der Waals surface area contributed by atoms with Gasteiger partial charge in [-0.3, -0.25) is 9.59 Å². The molecule has 1 aromatic rings. The van der Waals surface area contributed by atoms with Crippen molar-refractivity contribution in [1.82, 2.24) is 10.2 Å². The number of primary amides is 1. The molecule has 2 rings (SSSR count). The molecule has 1 saturated heterocycles. The van der Waals surface area contributed by atoms with Crippen molar-refractivity contribution >= 4 is 11.8 Å². The molecular formula is C14H19N3O2. The van der Waals surface area contributed by atoms with Crippen LogP contribution in [0.15, 0.2) is 18.2 Å². The van der Waals surface area contributed by atoms with Gasteiger partial charge in [-0.15, -0.1) is 0 Å². The predicted octanol–water partition coefficient (Wildman–Crippen LogP) is 0.414. The summed E-state index contributed by atoms with van der Waals surface area (Å²) in [5.74, 6) is -0.276. The molecule has 0 aliphatic carbocycles. The Balaban J connectivity index is 2.00. The zero-order valence-electron chi connectivity index (χ0n) is 11.3. The maximum Gasteiger partial charge on any atom is 0.248 e. The van der Waals surface area contributed by atoms with E-state index in [0.29, 0.717) is 12.1 Å². The molecule has 1 aliphatic rings. The van der Waals surface area contributed by atoms with Gasteiger partial charge in [0.1, 0.15) is 0 Å². The van der Waals surface area contributed by atoms with E-state index in [1.807, 2.05) is 20.0 Å². The lowest BCUT2D eigenvalue weighted by Crippen LogP contribution is -2.36. The maximum atomic E-state index is 11.8. The molecule has 0 aromatic heterocycles. The second-order valence-electron chi connectivity index (χ2n) is 4.99. The van der Waals surface area contributed by atoms with Gasteiger partial charge in [-0.05, 0) is 36.6 Å². The van der Waals surface area contributed by atoms with Gasteiger partial charge >= 0.3 is 0 Å². The highest BCUT2D eigenvalue weighted by molar-refractivity contribution is 5.93. The lowest BCUT2D eigenvalue weighted by Gasteiger charge is -2.13. The largest absolute Gasteiger partial charge is 0.366 e. The van der Waals surface area contributed by atoms with E-state index >= 15 is 0 Å². The number of hydrogen-bond acceptors (Lipinski definition) is 3. The summed E-state index contributed by atoms with van der Waals surface area (Å²) in [4.78, 5) is 24.6. The highest BCUT2D eigenvalue weighted by Crippen LogP contribution is 2.13. The lowest BCUT2D eigenvalue weighted by atomic mass is 10.0. The second kappa shape index (κ2) is 5.40. The van der Waals surface area contributed by atoms with E-state index in [9.17, 15) is 9.59 Å². The SMILES string of the molecule is Cc1cc(C(N)=O)ccc1CNC1CCN(C)C1=O. The molecule has 1 heterocycles. The summed E-state index contributed by atoms with van der Waals surface area (Å²) in [5.41, 5.74) is 7.83. The van der Waals surface area contributed by atoms with Crippen molar-refractivity contribution in [3.63, 3.8) is 0 Å². The van der Waals surface area contributed by atoms with Gasteiger partial charge in [0.2, 0.25) is 11.8 Å². The quantitative estimate of drug-likeness (QED) is 0.824. The Hall–Kier alpha value is -1.88. The molecule has 1 aromatic carbocycles. The first-order valence-electron chi connectivity index (χ1n) is 6.36. The first kappa shape index (κ1) is 13.5. The van der Waals surface area contributed by atoms with Crippen LogP contribution in [-0.4, -0.2) is 36.3 Å². The number of nitrogens with zero attached hydrogens (tertiary/aromatic N) is 1. The molecule has 1 fully saturated rings. The van der Waals surface area contributed by atoms with Crippen LogP contribution in [-0.2, 0) is 11.3 Å². The highest BCUT2D eigenvalue weighted by Gasteiger charge is 2.28. The summed E-state index contributed by atoms with van der Waals surface area (Å²) in [7, 11) is 1.82. The van der Waals surface area contributed by atoms with Gasteiger partial charge in [0.15, 0.2) is 0 Å². The fraction of sp³-hybridized carbons (Fsp3) is 0.429. The number of benzene rings is 1. The minimum atomic E-state index is -0.421. The zero-order chi connectivity index (χ0) is 14.0. The van der Waals surface area contributed by atoms with E-state index in [0.717, 1.165) is 24.1 Å². The average molecular weight is 261 g/mol. The van der Waals surface area contributed by atoms with Gasteiger partial charge in [0.05, 0.1) is 6.04 Å². The van der Waals surface area contributed by atoms with Crippen LogP contribution in [0, 0.1) is 6.92 Å². The normalized spacial score (nSPS) is 18.9. The van der Waals surface area contributed by atoms with Crippen LogP contribution in [0.5, 0.6) is 0 Å². The van der Waals surface area contributed by atoms with E-state index in [-0.39, 0.29) is 11.9 Å². The van der Waals surface area contributed by atoms with Gasteiger partial charge in [0.25, 0.3) is 0 Å². The number of amides is 2. The summed E-state index contributed by atoms with van der Waals surface area (Å²) in [5, 5.41) is 3.26. The first-order valence-corrected chi connectivity index (χ1v) is 6.36. The number of likely N-dealkylation sites (N-methyl/N-ethyl adjacent to an activating group) is 1. The standard InChI is InChI=1S/C14H19N3O2/c1-9-7-10(13(15)18)3-4-11(9)8-16-12-5-6-17(2)14(12)19/h3-4,7,12,16H,5-6,8H2,1-2H3,(H2,15,18). The van der Waals surface area contributed by atoms with Crippen molar-refractivity contribution in [3.8, 4) is 0 Å². The van der Waals surface area contributed by atoms with Gasteiger partial charge in [-0.1, -0.05) is 6.07 Å². The Bertz CT molecular complexity index is 513. The lowest BCUT2D eigenvalue weighted by molar-refractivity contribution is -0.128. The van der Waals surface area contributed by atoms with E-state index in [1.165, 1.54) is 0 Å². The number of likely N-dealkylation sites (tertiary alicyclic amines) is 1. The fourth-order valence-corrected chi connectivity index (χ4v) is 2.29. The van der Waals surface area contributed by atoms with Crippen molar-refractivity contribution in [3.05, 3.63) is 34.9 Å². The molecule has 1 unspecified atom stereocenters. The van der Waals surface area contributed by atoms with Crippen LogP contribution in [0.1, 0.15) is 27.9 Å².